The molecule has 3 aliphatic rings. The molecule has 5 heteroatoms. The number of carbonyl (C=O) groups is 3. The Balaban J connectivity index is 1.62. The van der Waals surface area contributed by atoms with E-state index in [1.54, 1.807) is 12.1 Å². The van der Waals surface area contributed by atoms with Gasteiger partial charge in [-0.2, -0.15) is 0 Å². The van der Waals surface area contributed by atoms with E-state index >= 15 is 0 Å². The minimum Gasteiger partial charge on any atom is -0.327 e. The van der Waals surface area contributed by atoms with Crippen molar-refractivity contribution < 1.29 is 14.4 Å². The van der Waals surface area contributed by atoms with E-state index < -0.39 is 6.04 Å². The van der Waals surface area contributed by atoms with Crippen LogP contribution in [0.5, 0.6) is 0 Å². The zero-order chi connectivity index (χ0) is 18.1. The highest BCUT2D eigenvalue weighted by Crippen LogP contribution is 2.37. The van der Waals surface area contributed by atoms with Gasteiger partial charge in [0.2, 0.25) is 11.8 Å². The summed E-state index contributed by atoms with van der Waals surface area (Å²) in [5.41, 5.74) is 0.602. The molecule has 2 saturated carbocycles. The van der Waals surface area contributed by atoms with Gasteiger partial charge in [-0.3, -0.25) is 14.4 Å². The van der Waals surface area contributed by atoms with Crippen LogP contribution in [-0.4, -0.2) is 34.7 Å². The molecule has 138 valence electrons. The second-order valence-electron chi connectivity index (χ2n) is 7.79. The zero-order valence-electron chi connectivity index (χ0n) is 15.1. The van der Waals surface area contributed by atoms with Gasteiger partial charge >= 0.3 is 0 Å². The summed E-state index contributed by atoms with van der Waals surface area (Å²) in [6, 6.07) is 8.53. The number of benzene rings is 1. The first-order valence-corrected chi connectivity index (χ1v) is 9.91. The summed E-state index contributed by atoms with van der Waals surface area (Å²) in [7, 11) is 0. The highest BCUT2D eigenvalue weighted by molar-refractivity contribution is 6.23. The molecule has 1 aliphatic heterocycles. The summed E-state index contributed by atoms with van der Waals surface area (Å²) in [6.45, 7) is 0. The maximum Gasteiger partial charge on any atom is 0.257 e. The highest BCUT2D eigenvalue weighted by Gasteiger charge is 2.48. The van der Waals surface area contributed by atoms with Crippen LogP contribution < -0.4 is 4.90 Å². The fourth-order valence-electron chi connectivity index (χ4n) is 4.35. The van der Waals surface area contributed by atoms with Gasteiger partial charge in [-0.1, -0.05) is 43.9 Å². The quantitative estimate of drug-likeness (QED) is 0.616. The third-order valence-corrected chi connectivity index (χ3v) is 5.87. The van der Waals surface area contributed by atoms with E-state index in [-0.39, 0.29) is 36.1 Å². The molecular weight excluding hydrogens is 328 g/mol. The number of carbonyl (C=O) groups excluding carboxylic acids is 3. The van der Waals surface area contributed by atoms with E-state index in [9.17, 15) is 14.4 Å². The molecule has 0 N–H and O–H groups in total. The van der Waals surface area contributed by atoms with Crippen molar-refractivity contribution in [3.05, 3.63) is 30.3 Å². The maximum atomic E-state index is 13.1. The minimum atomic E-state index is -0.626. The van der Waals surface area contributed by atoms with Crippen LogP contribution in [0.2, 0.25) is 0 Å². The van der Waals surface area contributed by atoms with Gasteiger partial charge in [0.05, 0.1) is 12.1 Å². The first-order valence-electron chi connectivity index (χ1n) is 9.91. The largest absolute Gasteiger partial charge is 0.327 e. The molecule has 1 unspecified atom stereocenters. The molecule has 0 spiro atoms. The van der Waals surface area contributed by atoms with Gasteiger partial charge < -0.3 is 4.90 Å². The second kappa shape index (κ2) is 7.22. The van der Waals surface area contributed by atoms with Crippen LogP contribution in [0.25, 0.3) is 0 Å². The summed E-state index contributed by atoms with van der Waals surface area (Å²) >= 11 is 0. The van der Waals surface area contributed by atoms with E-state index in [1.807, 2.05) is 23.1 Å². The van der Waals surface area contributed by atoms with Gasteiger partial charge in [-0.25, -0.2) is 4.90 Å². The van der Waals surface area contributed by atoms with Crippen LogP contribution >= 0.6 is 0 Å². The SMILES string of the molecule is O=C1CC(N(C(=O)C2CC2)C2CCCCCC2)C(=O)N1c1ccccc1. The molecule has 1 saturated heterocycles. The van der Waals surface area contributed by atoms with Gasteiger partial charge in [-0.05, 0) is 37.8 Å². The molecular formula is C21H26N2O3. The Hall–Kier alpha value is -2.17. The monoisotopic (exact) mass is 354 g/mol. The minimum absolute atomic E-state index is 0.0620. The van der Waals surface area contributed by atoms with Crippen LogP contribution in [0.3, 0.4) is 0 Å². The Morgan fingerprint density at radius 3 is 2.19 bits per heavy atom. The van der Waals surface area contributed by atoms with E-state index in [4.69, 9.17) is 0 Å². The second-order valence-corrected chi connectivity index (χ2v) is 7.79. The van der Waals surface area contributed by atoms with Gasteiger partial charge in [-0.15, -0.1) is 0 Å². The number of nitrogens with zero attached hydrogens (tertiary/aromatic N) is 2. The number of para-hydroxylation sites is 1. The van der Waals surface area contributed by atoms with Crippen molar-refractivity contribution in [1.29, 1.82) is 0 Å². The third kappa shape index (κ3) is 3.27. The molecule has 26 heavy (non-hydrogen) atoms. The van der Waals surface area contributed by atoms with Crippen molar-refractivity contribution in [1.82, 2.24) is 4.90 Å². The molecule has 4 rings (SSSR count). The summed E-state index contributed by atoms with van der Waals surface area (Å²) in [4.78, 5) is 41.9. The van der Waals surface area contributed by atoms with Crippen LogP contribution in [0, 0.1) is 5.92 Å². The molecule has 0 bridgehead atoms. The molecule has 2 aliphatic carbocycles. The molecule has 0 aromatic heterocycles. The Bertz CT molecular complexity index is 690. The lowest BCUT2D eigenvalue weighted by Gasteiger charge is -2.35. The molecule has 1 heterocycles. The first kappa shape index (κ1) is 17.3. The van der Waals surface area contributed by atoms with Crippen molar-refractivity contribution in [3.8, 4) is 0 Å². The first-order chi connectivity index (χ1) is 12.7. The van der Waals surface area contributed by atoms with Crippen LogP contribution in [0.15, 0.2) is 30.3 Å². The van der Waals surface area contributed by atoms with E-state index in [2.05, 4.69) is 0 Å². The topological polar surface area (TPSA) is 57.7 Å². The van der Waals surface area contributed by atoms with Crippen molar-refractivity contribution >= 4 is 23.4 Å². The van der Waals surface area contributed by atoms with Crippen molar-refractivity contribution in [2.75, 3.05) is 4.90 Å². The number of rotatable bonds is 4. The average molecular weight is 354 g/mol. The molecule has 5 nitrogen and oxygen atoms in total. The van der Waals surface area contributed by atoms with E-state index in [0.717, 1.165) is 38.5 Å². The number of imide groups is 1. The lowest BCUT2D eigenvalue weighted by molar-refractivity contribution is -0.142. The molecule has 1 aromatic rings. The lowest BCUT2D eigenvalue weighted by Crippen LogP contribution is -2.51. The molecule has 1 atom stereocenters. The highest BCUT2D eigenvalue weighted by atomic mass is 16.2. The van der Waals surface area contributed by atoms with Crippen molar-refractivity contribution in [2.24, 2.45) is 5.92 Å². The van der Waals surface area contributed by atoms with Gasteiger partial charge in [0.25, 0.3) is 5.91 Å². The van der Waals surface area contributed by atoms with Gasteiger partial charge in [0.15, 0.2) is 0 Å². The standard InChI is InChI=1S/C21H26N2O3/c24-19-14-18(21(26)23(19)17-10-6-3-7-11-17)22(20(25)15-12-13-15)16-8-4-1-2-5-9-16/h3,6-7,10-11,15-16,18H,1-2,4-5,8-9,12-14H2. The molecule has 1 aromatic carbocycles. The van der Waals surface area contributed by atoms with Gasteiger partial charge in [0.1, 0.15) is 6.04 Å². The fraction of sp³-hybridized carbons (Fsp3) is 0.571. The van der Waals surface area contributed by atoms with Crippen molar-refractivity contribution in [3.63, 3.8) is 0 Å². The smallest absolute Gasteiger partial charge is 0.257 e. The molecule has 3 amide bonds. The third-order valence-electron chi connectivity index (χ3n) is 5.87. The fourth-order valence-corrected chi connectivity index (χ4v) is 4.35. The number of hydrogen-bond donors (Lipinski definition) is 0. The van der Waals surface area contributed by atoms with Crippen LogP contribution in [0.4, 0.5) is 5.69 Å². The number of amides is 3. The summed E-state index contributed by atoms with van der Waals surface area (Å²) in [5, 5.41) is 0. The number of hydrogen-bond acceptors (Lipinski definition) is 3. The summed E-state index contributed by atoms with van der Waals surface area (Å²) in [6.07, 6.45) is 8.41. The van der Waals surface area contributed by atoms with Crippen molar-refractivity contribution in [2.45, 2.75) is 69.9 Å². The van der Waals surface area contributed by atoms with Gasteiger partial charge in [0, 0.05) is 12.0 Å². The van der Waals surface area contributed by atoms with E-state index in [1.165, 1.54) is 17.7 Å². The van der Waals surface area contributed by atoms with Crippen LogP contribution in [-0.2, 0) is 14.4 Å². The van der Waals surface area contributed by atoms with E-state index in [0.29, 0.717) is 5.69 Å². The molecule has 3 fully saturated rings. The maximum absolute atomic E-state index is 13.1. The Labute approximate surface area is 154 Å². The Kier molecular flexibility index (Phi) is 4.79. The zero-order valence-corrected chi connectivity index (χ0v) is 15.1. The summed E-state index contributed by atoms with van der Waals surface area (Å²) in [5.74, 6) is -0.280. The average Bonchev–Trinajstić information content (AvgIpc) is 3.47. The predicted molar refractivity (Wildman–Crippen MR) is 98.4 cm³/mol. The van der Waals surface area contributed by atoms with Crippen LogP contribution in [0.1, 0.15) is 57.8 Å². The Morgan fingerprint density at radius 2 is 1.58 bits per heavy atom. The number of anilines is 1. The normalized spacial score (nSPS) is 24.6. The predicted octanol–water partition coefficient (Wildman–Crippen LogP) is 3.28. The summed E-state index contributed by atoms with van der Waals surface area (Å²) < 4.78 is 0. The lowest BCUT2D eigenvalue weighted by atomic mass is 10.0. The Morgan fingerprint density at radius 1 is 0.923 bits per heavy atom. The molecule has 0 radical (unpaired) electrons.